The van der Waals surface area contributed by atoms with E-state index in [-0.39, 0.29) is 0 Å². The van der Waals surface area contributed by atoms with Crippen LogP contribution in [0.3, 0.4) is 0 Å². The SMILES string of the molecule is NCCc1ccc2scc(C3CC3)c2c1. The summed E-state index contributed by atoms with van der Waals surface area (Å²) in [7, 11) is 0. The Labute approximate surface area is 93.9 Å². The lowest BCUT2D eigenvalue weighted by atomic mass is 10.1. The van der Waals surface area contributed by atoms with Gasteiger partial charge in [0.25, 0.3) is 0 Å². The molecule has 0 bridgehead atoms. The zero-order valence-electron chi connectivity index (χ0n) is 8.70. The molecule has 0 radical (unpaired) electrons. The van der Waals surface area contributed by atoms with Crippen LogP contribution < -0.4 is 5.73 Å². The van der Waals surface area contributed by atoms with E-state index in [4.69, 9.17) is 5.73 Å². The van der Waals surface area contributed by atoms with E-state index in [1.165, 1.54) is 28.5 Å². The van der Waals surface area contributed by atoms with Crippen LogP contribution in [0.4, 0.5) is 0 Å². The molecule has 1 nitrogen and oxygen atoms in total. The molecule has 1 aliphatic carbocycles. The van der Waals surface area contributed by atoms with Gasteiger partial charge >= 0.3 is 0 Å². The van der Waals surface area contributed by atoms with Gasteiger partial charge in [-0.3, -0.25) is 0 Å². The molecule has 2 aromatic rings. The average Bonchev–Trinajstić information content (AvgIpc) is 3.00. The fourth-order valence-electron chi connectivity index (χ4n) is 2.13. The Morgan fingerprint density at radius 3 is 2.93 bits per heavy atom. The van der Waals surface area contributed by atoms with Crippen LogP contribution in [0.5, 0.6) is 0 Å². The Kier molecular flexibility index (Phi) is 2.26. The molecule has 1 fully saturated rings. The summed E-state index contributed by atoms with van der Waals surface area (Å²) >= 11 is 1.88. The maximum absolute atomic E-state index is 5.59. The molecule has 1 saturated carbocycles. The molecular formula is C13H15NS. The second kappa shape index (κ2) is 3.62. The molecule has 15 heavy (non-hydrogen) atoms. The minimum atomic E-state index is 0.744. The van der Waals surface area contributed by atoms with E-state index in [2.05, 4.69) is 23.6 Å². The largest absolute Gasteiger partial charge is 0.330 e. The summed E-state index contributed by atoms with van der Waals surface area (Å²) in [4.78, 5) is 0. The highest BCUT2D eigenvalue weighted by Gasteiger charge is 2.26. The molecule has 0 unspecified atom stereocenters. The first-order valence-electron chi connectivity index (χ1n) is 5.58. The van der Waals surface area contributed by atoms with E-state index in [0.29, 0.717) is 0 Å². The molecule has 0 spiro atoms. The molecule has 1 aromatic heterocycles. The highest BCUT2D eigenvalue weighted by atomic mass is 32.1. The van der Waals surface area contributed by atoms with Crippen LogP contribution in [0.2, 0.25) is 0 Å². The second-order valence-electron chi connectivity index (χ2n) is 4.33. The molecule has 0 amide bonds. The van der Waals surface area contributed by atoms with Crippen LogP contribution in [0, 0.1) is 0 Å². The van der Waals surface area contributed by atoms with Crippen molar-refractivity contribution in [3.05, 3.63) is 34.7 Å². The summed E-state index contributed by atoms with van der Waals surface area (Å²) in [5, 5.41) is 3.82. The summed E-state index contributed by atoms with van der Waals surface area (Å²) < 4.78 is 1.43. The van der Waals surface area contributed by atoms with Crippen molar-refractivity contribution >= 4 is 21.4 Å². The number of fused-ring (bicyclic) bond motifs is 1. The fraction of sp³-hybridized carbons (Fsp3) is 0.385. The smallest absolute Gasteiger partial charge is 0.0345 e. The van der Waals surface area contributed by atoms with Crippen LogP contribution in [0.15, 0.2) is 23.6 Å². The Bertz CT molecular complexity index is 482. The van der Waals surface area contributed by atoms with Crippen molar-refractivity contribution in [2.24, 2.45) is 5.73 Å². The van der Waals surface area contributed by atoms with Gasteiger partial charge in [0, 0.05) is 4.70 Å². The number of thiophene rings is 1. The van der Waals surface area contributed by atoms with E-state index in [1.807, 2.05) is 11.3 Å². The Morgan fingerprint density at radius 1 is 1.33 bits per heavy atom. The second-order valence-corrected chi connectivity index (χ2v) is 5.25. The van der Waals surface area contributed by atoms with Gasteiger partial charge in [-0.05, 0) is 65.8 Å². The van der Waals surface area contributed by atoms with Crippen molar-refractivity contribution in [3.8, 4) is 0 Å². The number of rotatable bonds is 3. The van der Waals surface area contributed by atoms with Crippen LogP contribution in [0.25, 0.3) is 10.1 Å². The Balaban J connectivity index is 2.09. The van der Waals surface area contributed by atoms with Gasteiger partial charge in [-0.2, -0.15) is 0 Å². The molecule has 1 aliphatic rings. The zero-order chi connectivity index (χ0) is 10.3. The molecule has 0 saturated heterocycles. The predicted octanol–water partition coefficient (Wildman–Crippen LogP) is 3.28. The van der Waals surface area contributed by atoms with Gasteiger partial charge in [0.05, 0.1) is 0 Å². The first kappa shape index (κ1) is 9.37. The van der Waals surface area contributed by atoms with Crippen LogP contribution in [-0.4, -0.2) is 6.54 Å². The van der Waals surface area contributed by atoms with E-state index in [0.717, 1.165) is 18.9 Å². The molecule has 78 valence electrons. The van der Waals surface area contributed by atoms with Crippen LogP contribution in [0.1, 0.15) is 29.9 Å². The fourth-order valence-corrected chi connectivity index (χ4v) is 3.15. The van der Waals surface area contributed by atoms with Crippen molar-refractivity contribution in [2.45, 2.75) is 25.2 Å². The first-order valence-corrected chi connectivity index (χ1v) is 6.46. The van der Waals surface area contributed by atoms with Gasteiger partial charge < -0.3 is 5.73 Å². The summed E-state index contributed by atoms with van der Waals surface area (Å²) in [6.45, 7) is 0.744. The quantitative estimate of drug-likeness (QED) is 0.839. The first-order chi connectivity index (χ1) is 7.38. The highest BCUT2D eigenvalue weighted by Crippen LogP contribution is 2.45. The average molecular weight is 217 g/mol. The molecule has 2 heteroatoms. The maximum Gasteiger partial charge on any atom is 0.0345 e. The normalized spacial score (nSPS) is 16.1. The summed E-state index contributed by atoms with van der Waals surface area (Å²) in [5.41, 5.74) is 8.55. The minimum absolute atomic E-state index is 0.744. The number of hydrogen-bond donors (Lipinski definition) is 1. The highest BCUT2D eigenvalue weighted by molar-refractivity contribution is 7.17. The molecule has 3 rings (SSSR count). The van der Waals surface area contributed by atoms with Gasteiger partial charge in [-0.1, -0.05) is 6.07 Å². The van der Waals surface area contributed by atoms with Crippen LogP contribution in [-0.2, 0) is 6.42 Å². The summed E-state index contributed by atoms with van der Waals surface area (Å²) in [5.74, 6) is 0.854. The Morgan fingerprint density at radius 2 is 2.20 bits per heavy atom. The topological polar surface area (TPSA) is 26.0 Å². The number of nitrogens with two attached hydrogens (primary N) is 1. The predicted molar refractivity (Wildman–Crippen MR) is 66.6 cm³/mol. The van der Waals surface area contributed by atoms with E-state index < -0.39 is 0 Å². The van der Waals surface area contributed by atoms with Gasteiger partial charge in [-0.25, -0.2) is 0 Å². The maximum atomic E-state index is 5.59. The van der Waals surface area contributed by atoms with Gasteiger partial charge in [0.2, 0.25) is 0 Å². The third kappa shape index (κ3) is 1.68. The molecule has 1 aromatic carbocycles. The summed E-state index contributed by atoms with van der Waals surface area (Å²) in [6, 6.07) is 6.80. The lowest BCUT2D eigenvalue weighted by molar-refractivity contribution is 0.971. The standard InChI is InChI=1S/C13H15NS/c14-6-5-9-1-4-13-11(7-9)12(8-15-13)10-2-3-10/h1,4,7-8,10H,2-3,5-6,14H2. The molecule has 2 N–H and O–H groups in total. The summed E-state index contributed by atoms with van der Waals surface area (Å²) in [6.07, 6.45) is 3.76. The van der Waals surface area contributed by atoms with Gasteiger partial charge in [-0.15, -0.1) is 11.3 Å². The minimum Gasteiger partial charge on any atom is -0.330 e. The van der Waals surface area contributed by atoms with Crippen molar-refractivity contribution < 1.29 is 0 Å². The van der Waals surface area contributed by atoms with Crippen molar-refractivity contribution in [1.82, 2.24) is 0 Å². The third-order valence-electron chi connectivity index (χ3n) is 3.12. The zero-order valence-corrected chi connectivity index (χ0v) is 9.52. The van der Waals surface area contributed by atoms with Crippen molar-refractivity contribution in [3.63, 3.8) is 0 Å². The van der Waals surface area contributed by atoms with E-state index in [9.17, 15) is 0 Å². The van der Waals surface area contributed by atoms with Gasteiger partial charge in [0.1, 0.15) is 0 Å². The number of hydrogen-bond acceptors (Lipinski definition) is 2. The monoisotopic (exact) mass is 217 g/mol. The van der Waals surface area contributed by atoms with E-state index >= 15 is 0 Å². The van der Waals surface area contributed by atoms with E-state index in [1.54, 1.807) is 5.56 Å². The molecular weight excluding hydrogens is 202 g/mol. The lowest BCUT2D eigenvalue weighted by Gasteiger charge is -2.00. The van der Waals surface area contributed by atoms with Gasteiger partial charge in [0.15, 0.2) is 0 Å². The van der Waals surface area contributed by atoms with Crippen molar-refractivity contribution in [1.29, 1.82) is 0 Å². The molecule has 0 atom stereocenters. The van der Waals surface area contributed by atoms with Crippen molar-refractivity contribution in [2.75, 3.05) is 6.54 Å². The Hall–Kier alpha value is -0.860. The molecule has 1 heterocycles. The number of benzene rings is 1. The lowest BCUT2D eigenvalue weighted by Crippen LogP contribution is -2.02. The van der Waals surface area contributed by atoms with Crippen LogP contribution >= 0.6 is 11.3 Å². The third-order valence-corrected chi connectivity index (χ3v) is 4.10. The molecule has 0 aliphatic heterocycles.